The Kier molecular flexibility index (Phi) is 13.2. The van der Waals surface area contributed by atoms with Gasteiger partial charge in [0, 0.05) is 28.3 Å². The molecule has 50 heavy (non-hydrogen) atoms. The van der Waals surface area contributed by atoms with E-state index in [1.807, 2.05) is 6.92 Å². The fraction of sp³-hybridized carbons (Fsp3) is 0.306. The number of rotatable bonds is 13. The van der Waals surface area contributed by atoms with Crippen molar-refractivity contribution in [1.82, 2.24) is 5.32 Å². The third-order valence-corrected chi connectivity index (χ3v) is 7.90. The van der Waals surface area contributed by atoms with Gasteiger partial charge >= 0.3 is 18.2 Å². The molecule has 14 heteroatoms. The maximum Gasteiger partial charge on any atom is 0.418 e. The van der Waals surface area contributed by atoms with E-state index in [9.17, 15) is 32.3 Å². The van der Waals surface area contributed by atoms with E-state index in [2.05, 4.69) is 20.4 Å². The number of amides is 3. The number of unbranched alkanes of at least 4 members (excludes halogenated alkanes) is 2. The SMILES string of the molecule is CCCCC[C@@H](/C=C/C(=O)OC)NC(=O)CN1C(=O)[C@@H](COC(=O)Nc2ccc(Cl)cc2C(F)(F)F)N=C(c2ccccc2)c2ccccc21. The average molecular weight is 713 g/mol. The first-order valence-electron chi connectivity index (χ1n) is 15.8. The van der Waals surface area contributed by atoms with E-state index in [4.69, 9.17) is 16.3 Å². The molecule has 1 aliphatic heterocycles. The van der Waals surface area contributed by atoms with Crippen molar-refractivity contribution in [3.8, 4) is 0 Å². The number of hydrogen-bond donors (Lipinski definition) is 2. The number of alkyl halides is 3. The number of benzodiazepines with no additional fused rings is 1. The Balaban J connectivity index is 1.63. The molecule has 3 aromatic carbocycles. The van der Waals surface area contributed by atoms with Gasteiger partial charge in [0.05, 0.1) is 29.8 Å². The van der Waals surface area contributed by atoms with Crippen molar-refractivity contribution in [2.75, 3.05) is 30.5 Å². The van der Waals surface area contributed by atoms with E-state index in [0.29, 0.717) is 35.0 Å². The highest BCUT2D eigenvalue weighted by atomic mass is 35.5. The minimum atomic E-state index is -4.82. The molecular formula is C36H36ClF3N4O6. The molecule has 3 amide bonds. The minimum absolute atomic E-state index is 0.182. The third kappa shape index (κ3) is 10.2. The number of hydrogen-bond acceptors (Lipinski definition) is 7. The number of nitrogens with one attached hydrogen (secondary N) is 2. The second kappa shape index (κ2) is 17.5. The second-order valence-corrected chi connectivity index (χ2v) is 11.7. The second-order valence-electron chi connectivity index (χ2n) is 11.3. The van der Waals surface area contributed by atoms with Crippen LogP contribution in [-0.4, -0.2) is 61.9 Å². The summed E-state index contributed by atoms with van der Waals surface area (Å²) >= 11 is 5.74. The Morgan fingerprint density at radius 3 is 2.46 bits per heavy atom. The van der Waals surface area contributed by atoms with E-state index < -0.39 is 66.5 Å². The molecule has 0 saturated heterocycles. The van der Waals surface area contributed by atoms with Crippen molar-refractivity contribution < 1.29 is 41.8 Å². The van der Waals surface area contributed by atoms with Gasteiger partial charge in [0.15, 0.2) is 6.04 Å². The minimum Gasteiger partial charge on any atom is -0.466 e. The van der Waals surface area contributed by atoms with Gasteiger partial charge < -0.3 is 19.7 Å². The number of para-hydroxylation sites is 1. The summed E-state index contributed by atoms with van der Waals surface area (Å²) < 4.78 is 50.8. The summed E-state index contributed by atoms with van der Waals surface area (Å²) in [5.74, 6) is -1.81. The van der Waals surface area contributed by atoms with E-state index in [1.54, 1.807) is 54.6 Å². The maximum absolute atomic E-state index is 14.2. The van der Waals surface area contributed by atoms with Gasteiger partial charge in [-0.25, -0.2) is 9.59 Å². The van der Waals surface area contributed by atoms with E-state index in [0.717, 1.165) is 25.3 Å². The zero-order valence-corrected chi connectivity index (χ0v) is 28.1. The molecular weight excluding hydrogens is 677 g/mol. The third-order valence-electron chi connectivity index (χ3n) is 7.66. The summed E-state index contributed by atoms with van der Waals surface area (Å²) in [6.07, 6.45) is -0.173. The molecule has 4 rings (SSSR count). The smallest absolute Gasteiger partial charge is 0.418 e. The maximum atomic E-state index is 14.2. The average Bonchev–Trinajstić information content (AvgIpc) is 3.20. The Morgan fingerprint density at radius 2 is 1.76 bits per heavy atom. The molecule has 0 bridgehead atoms. The highest BCUT2D eigenvalue weighted by molar-refractivity contribution is 6.30. The summed E-state index contributed by atoms with van der Waals surface area (Å²) in [6.45, 7) is 0.920. The summed E-state index contributed by atoms with van der Waals surface area (Å²) in [6, 6.07) is 16.7. The van der Waals surface area contributed by atoms with Crippen LogP contribution in [0, 0.1) is 0 Å². The van der Waals surface area contributed by atoms with Crippen LogP contribution in [-0.2, 0) is 30.0 Å². The number of carbonyl (C=O) groups is 4. The number of anilines is 2. The number of halogens is 4. The van der Waals surface area contributed by atoms with Crippen molar-refractivity contribution >= 4 is 52.6 Å². The normalized spacial score (nSPS) is 15.1. The standard InChI is InChI=1S/C36H36ClF3N4O6/c1-3-4-6-13-25(17-19-32(46)49-2)41-31(45)21-44-30-15-10-9-14-26(30)33(23-11-7-5-8-12-23)42-29(34(44)47)22-50-35(48)43-28-18-16-24(37)20-27(28)36(38,39)40/h5,7-12,14-20,25,29H,3-4,6,13,21-22H2,1-2H3,(H,41,45)(H,43,48)/b19-17+/t25-,29+/m0/s1. The Morgan fingerprint density at radius 1 is 1.04 bits per heavy atom. The van der Waals surface area contributed by atoms with Crippen LogP contribution in [0.4, 0.5) is 29.3 Å². The molecule has 1 heterocycles. The van der Waals surface area contributed by atoms with Crippen LogP contribution in [0.25, 0.3) is 0 Å². The quantitative estimate of drug-likeness (QED) is 0.112. The predicted octanol–water partition coefficient (Wildman–Crippen LogP) is 6.95. The lowest BCUT2D eigenvalue weighted by Gasteiger charge is -2.26. The lowest BCUT2D eigenvalue weighted by Crippen LogP contribution is -2.47. The molecule has 0 radical (unpaired) electrons. The molecule has 2 N–H and O–H groups in total. The summed E-state index contributed by atoms with van der Waals surface area (Å²) in [4.78, 5) is 58.1. The van der Waals surface area contributed by atoms with Gasteiger partial charge in [-0.3, -0.25) is 19.9 Å². The van der Waals surface area contributed by atoms with Crippen LogP contribution < -0.4 is 15.5 Å². The van der Waals surface area contributed by atoms with Crippen molar-refractivity contribution in [3.05, 3.63) is 107 Å². The lowest BCUT2D eigenvalue weighted by atomic mass is 10.0. The Bertz CT molecular complexity index is 1750. The molecule has 0 unspecified atom stereocenters. The van der Waals surface area contributed by atoms with Gasteiger partial charge in [-0.1, -0.05) is 92.4 Å². The van der Waals surface area contributed by atoms with Crippen LogP contribution >= 0.6 is 11.6 Å². The summed E-state index contributed by atoms with van der Waals surface area (Å²) in [7, 11) is 1.24. The first-order valence-corrected chi connectivity index (χ1v) is 16.2. The topological polar surface area (TPSA) is 126 Å². The van der Waals surface area contributed by atoms with Gasteiger partial charge in [0.25, 0.3) is 5.91 Å². The number of carbonyl (C=O) groups excluding carboxylic acids is 4. The largest absolute Gasteiger partial charge is 0.466 e. The molecule has 0 spiro atoms. The molecule has 0 aliphatic carbocycles. The summed E-state index contributed by atoms with van der Waals surface area (Å²) in [5, 5.41) is 4.76. The van der Waals surface area contributed by atoms with Crippen LogP contribution in [0.3, 0.4) is 0 Å². The molecule has 10 nitrogen and oxygen atoms in total. The molecule has 2 atom stereocenters. The highest BCUT2D eigenvalue weighted by Gasteiger charge is 2.36. The van der Waals surface area contributed by atoms with Gasteiger partial charge in [-0.15, -0.1) is 0 Å². The van der Waals surface area contributed by atoms with Crippen LogP contribution in [0.1, 0.15) is 49.3 Å². The van der Waals surface area contributed by atoms with E-state index in [1.165, 1.54) is 30.2 Å². The molecule has 1 aliphatic rings. The first-order chi connectivity index (χ1) is 23.9. The van der Waals surface area contributed by atoms with Gasteiger partial charge in [0.2, 0.25) is 5.91 Å². The van der Waals surface area contributed by atoms with Gasteiger partial charge in [-0.05, 0) is 30.7 Å². The number of aliphatic imine (C=N–C) groups is 1. The Hall–Kier alpha value is -5.17. The highest BCUT2D eigenvalue weighted by Crippen LogP contribution is 2.36. The Labute approximate surface area is 292 Å². The predicted molar refractivity (Wildman–Crippen MR) is 183 cm³/mol. The van der Waals surface area contributed by atoms with Gasteiger partial charge in [-0.2, -0.15) is 13.2 Å². The zero-order valence-electron chi connectivity index (χ0n) is 27.3. The van der Waals surface area contributed by atoms with E-state index >= 15 is 0 Å². The van der Waals surface area contributed by atoms with E-state index in [-0.39, 0.29) is 5.02 Å². The summed E-state index contributed by atoms with van der Waals surface area (Å²) in [5.41, 5.74) is 0.126. The molecule has 0 fully saturated rings. The van der Waals surface area contributed by atoms with Crippen molar-refractivity contribution in [2.45, 2.75) is 50.9 Å². The number of nitrogens with zero attached hydrogens (tertiary/aromatic N) is 2. The monoisotopic (exact) mass is 712 g/mol. The van der Waals surface area contributed by atoms with Crippen LogP contribution in [0.15, 0.2) is 89.9 Å². The van der Waals surface area contributed by atoms with Gasteiger partial charge in [0.1, 0.15) is 13.2 Å². The first kappa shape index (κ1) is 37.6. The molecule has 264 valence electrons. The van der Waals surface area contributed by atoms with Crippen LogP contribution in [0.2, 0.25) is 5.02 Å². The fourth-order valence-electron chi connectivity index (χ4n) is 5.24. The number of esters is 1. The van der Waals surface area contributed by atoms with Crippen molar-refractivity contribution in [2.24, 2.45) is 4.99 Å². The van der Waals surface area contributed by atoms with Crippen molar-refractivity contribution in [3.63, 3.8) is 0 Å². The molecule has 0 saturated carbocycles. The lowest BCUT2D eigenvalue weighted by molar-refractivity contribution is -0.137. The fourth-order valence-corrected chi connectivity index (χ4v) is 5.41. The van der Waals surface area contributed by atoms with Crippen molar-refractivity contribution in [1.29, 1.82) is 0 Å². The zero-order chi connectivity index (χ0) is 36.3. The molecule has 0 aromatic heterocycles. The number of ether oxygens (including phenoxy) is 2. The number of fused-ring (bicyclic) bond motifs is 1. The number of methoxy groups -OCH3 is 1. The number of benzene rings is 3. The van der Waals surface area contributed by atoms with Crippen LogP contribution in [0.5, 0.6) is 0 Å². The molecule has 3 aromatic rings.